The third-order valence-electron chi connectivity index (χ3n) is 5.60. The van der Waals surface area contributed by atoms with Gasteiger partial charge in [-0.3, -0.25) is 4.79 Å². The second-order valence-electron chi connectivity index (χ2n) is 8.04. The summed E-state index contributed by atoms with van der Waals surface area (Å²) in [7, 11) is 0. The summed E-state index contributed by atoms with van der Waals surface area (Å²) in [6.07, 6.45) is 3.65. The average molecular weight is 480 g/mol. The van der Waals surface area contributed by atoms with Crippen molar-refractivity contribution in [3.63, 3.8) is 0 Å². The van der Waals surface area contributed by atoms with E-state index in [4.69, 9.17) is 21.3 Å². The molecule has 0 fully saturated rings. The molecule has 0 unspecified atom stereocenters. The van der Waals surface area contributed by atoms with Crippen LogP contribution < -0.4 is 10.1 Å². The number of fused-ring (bicyclic) bond motifs is 1. The number of aromatic nitrogens is 2. The van der Waals surface area contributed by atoms with E-state index in [2.05, 4.69) is 16.0 Å². The lowest BCUT2D eigenvalue weighted by atomic mass is 10.1. The normalized spacial score (nSPS) is 11.0. The number of amides is 1. The van der Waals surface area contributed by atoms with Crippen LogP contribution >= 0.6 is 11.6 Å². The summed E-state index contributed by atoms with van der Waals surface area (Å²) in [5.74, 6) is 1.30. The molecule has 0 atom stereocenters. The van der Waals surface area contributed by atoms with E-state index in [1.165, 1.54) is 24.3 Å². The molecule has 7 heteroatoms. The van der Waals surface area contributed by atoms with Crippen molar-refractivity contribution in [1.29, 1.82) is 0 Å². The lowest BCUT2D eigenvalue weighted by Crippen LogP contribution is -2.24. The maximum absolute atomic E-state index is 13.0. The van der Waals surface area contributed by atoms with Crippen molar-refractivity contribution in [2.75, 3.05) is 13.2 Å². The molecule has 4 rings (SSSR count). The van der Waals surface area contributed by atoms with Gasteiger partial charge >= 0.3 is 0 Å². The number of halogens is 2. The Balaban J connectivity index is 1.26. The van der Waals surface area contributed by atoms with Gasteiger partial charge in [0.15, 0.2) is 0 Å². The van der Waals surface area contributed by atoms with E-state index < -0.39 is 0 Å². The number of hydrogen-bond acceptors (Lipinski definition) is 3. The van der Waals surface area contributed by atoms with Gasteiger partial charge in [0.2, 0.25) is 0 Å². The summed E-state index contributed by atoms with van der Waals surface area (Å²) in [4.78, 5) is 16.9. The van der Waals surface area contributed by atoms with Crippen LogP contribution in [0, 0.1) is 5.82 Å². The Morgan fingerprint density at radius 2 is 1.74 bits per heavy atom. The van der Waals surface area contributed by atoms with Crippen molar-refractivity contribution in [3.8, 4) is 5.75 Å². The molecule has 176 valence electrons. The number of benzene rings is 3. The summed E-state index contributed by atoms with van der Waals surface area (Å²) < 4.78 is 21.1. The highest BCUT2D eigenvalue weighted by Gasteiger charge is 2.11. The summed E-state index contributed by atoms with van der Waals surface area (Å²) in [6, 6.07) is 21.1. The summed E-state index contributed by atoms with van der Waals surface area (Å²) >= 11 is 5.94. The first kappa shape index (κ1) is 23.8. The van der Waals surface area contributed by atoms with Gasteiger partial charge in [-0.15, -0.1) is 0 Å². The monoisotopic (exact) mass is 479 g/mol. The second-order valence-corrected chi connectivity index (χ2v) is 8.48. The van der Waals surface area contributed by atoms with E-state index in [9.17, 15) is 9.18 Å². The van der Waals surface area contributed by atoms with Crippen LogP contribution in [0.25, 0.3) is 11.0 Å². The number of rotatable bonds is 11. The van der Waals surface area contributed by atoms with Gasteiger partial charge in [0.25, 0.3) is 5.91 Å². The highest BCUT2D eigenvalue weighted by atomic mass is 35.5. The van der Waals surface area contributed by atoms with Gasteiger partial charge in [-0.25, -0.2) is 9.37 Å². The maximum Gasteiger partial charge on any atom is 0.251 e. The summed E-state index contributed by atoms with van der Waals surface area (Å²) in [5.41, 5.74) is 2.55. The minimum absolute atomic E-state index is 0.178. The zero-order chi connectivity index (χ0) is 23.8. The number of unbranched alkanes of at least 4 members (excludes halogenated alkanes) is 2. The molecule has 34 heavy (non-hydrogen) atoms. The standard InChI is InChI=1S/C27H27ClFN3O2/c28-21-11-15-23(16-12-21)34-19-18-32-25-7-4-3-6-24(25)31-26(32)8-2-1-5-17-30-27(33)20-9-13-22(29)14-10-20/h3-4,6-7,9-16H,1-2,5,8,17-19H2,(H,30,33). The molecule has 0 spiro atoms. The molecule has 1 heterocycles. The Labute approximate surface area is 203 Å². The highest BCUT2D eigenvalue weighted by molar-refractivity contribution is 6.30. The molecule has 4 aromatic rings. The number of ether oxygens (including phenoxy) is 1. The Bertz CT molecular complexity index is 1220. The van der Waals surface area contributed by atoms with Gasteiger partial charge in [-0.2, -0.15) is 0 Å². The summed E-state index contributed by atoms with van der Waals surface area (Å²) in [6.45, 7) is 1.82. The van der Waals surface area contributed by atoms with E-state index in [0.29, 0.717) is 30.3 Å². The molecule has 0 aliphatic heterocycles. The van der Waals surface area contributed by atoms with E-state index >= 15 is 0 Å². The number of carbonyl (C=O) groups excluding carboxylic acids is 1. The minimum atomic E-state index is -0.348. The fraction of sp³-hybridized carbons (Fsp3) is 0.259. The number of nitrogens with zero attached hydrogens (tertiary/aromatic N) is 2. The zero-order valence-corrected chi connectivity index (χ0v) is 19.6. The molecule has 0 aliphatic rings. The maximum atomic E-state index is 13.0. The SMILES string of the molecule is O=C(NCCCCCc1nc2ccccc2n1CCOc1ccc(Cl)cc1)c1ccc(F)cc1. The van der Waals surface area contributed by atoms with Crippen molar-refractivity contribution >= 4 is 28.5 Å². The molecule has 1 N–H and O–H groups in total. The Morgan fingerprint density at radius 1 is 0.971 bits per heavy atom. The molecule has 1 aromatic heterocycles. The number of nitrogens with one attached hydrogen (secondary N) is 1. The minimum Gasteiger partial charge on any atom is -0.492 e. The largest absolute Gasteiger partial charge is 0.492 e. The van der Waals surface area contributed by atoms with Crippen LogP contribution in [0.5, 0.6) is 5.75 Å². The first-order valence-electron chi connectivity index (χ1n) is 11.5. The van der Waals surface area contributed by atoms with Crippen LogP contribution in [-0.2, 0) is 13.0 Å². The van der Waals surface area contributed by atoms with E-state index in [1.807, 2.05) is 42.5 Å². The van der Waals surface area contributed by atoms with Gasteiger partial charge in [0.1, 0.15) is 24.0 Å². The van der Waals surface area contributed by atoms with Crippen LogP contribution in [0.4, 0.5) is 4.39 Å². The highest BCUT2D eigenvalue weighted by Crippen LogP contribution is 2.19. The fourth-order valence-corrected chi connectivity index (χ4v) is 3.97. The molecule has 0 saturated carbocycles. The Hall–Kier alpha value is -3.38. The van der Waals surface area contributed by atoms with Crippen LogP contribution in [0.3, 0.4) is 0 Å². The van der Waals surface area contributed by atoms with E-state index in [-0.39, 0.29) is 11.7 Å². The lowest BCUT2D eigenvalue weighted by molar-refractivity contribution is 0.0953. The third-order valence-corrected chi connectivity index (χ3v) is 5.85. The summed E-state index contributed by atoms with van der Waals surface area (Å²) in [5, 5.41) is 3.58. The van der Waals surface area contributed by atoms with Crippen LogP contribution in [-0.4, -0.2) is 28.6 Å². The predicted molar refractivity (Wildman–Crippen MR) is 133 cm³/mol. The number of para-hydroxylation sites is 2. The Morgan fingerprint density at radius 3 is 2.53 bits per heavy atom. The van der Waals surface area contributed by atoms with Crippen molar-refractivity contribution in [2.24, 2.45) is 0 Å². The van der Waals surface area contributed by atoms with Crippen molar-refractivity contribution in [3.05, 3.63) is 95.0 Å². The number of hydrogen-bond donors (Lipinski definition) is 1. The van der Waals surface area contributed by atoms with Gasteiger partial charge in [-0.05, 0) is 73.5 Å². The van der Waals surface area contributed by atoms with Crippen LogP contribution in [0.15, 0.2) is 72.8 Å². The van der Waals surface area contributed by atoms with E-state index in [0.717, 1.165) is 48.3 Å². The zero-order valence-electron chi connectivity index (χ0n) is 18.8. The second kappa shape index (κ2) is 11.7. The third kappa shape index (κ3) is 6.35. The van der Waals surface area contributed by atoms with Gasteiger partial charge in [0, 0.05) is 23.6 Å². The topological polar surface area (TPSA) is 56.2 Å². The quantitative estimate of drug-likeness (QED) is 0.266. The van der Waals surface area contributed by atoms with Crippen LogP contribution in [0.2, 0.25) is 5.02 Å². The molecule has 1 amide bonds. The van der Waals surface area contributed by atoms with Gasteiger partial charge < -0.3 is 14.6 Å². The number of aryl methyl sites for hydroxylation is 1. The molecule has 0 radical (unpaired) electrons. The number of imidazole rings is 1. The van der Waals surface area contributed by atoms with Crippen molar-refractivity contribution < 1.29 is 13.9 Å². The molecule has 5 nitrogen and oxygen atoms in total. The smallest absolute Gasteiger partial charge is 0.251 e. The molecule has 0 bridgehead atoms. The fourth-order valence-electron chi connectivity index (χ4n) is 3.84. The molecule has 0 saturated heterocycles. The van der Waals surface area contributed by atoms with Crippen molar-refractivity contribution in [2.45, 2.75) is 32.2 Å². The van der Waals surface area contributed by atoms with Crippen LogP contribution in [0.1, 0.15) is 35.4 Å². The predicted octanol–water partition coefficient (Wildman–Crippen LogP) is 6.05. The van der Waals surface area contributed by atoms with Gasteiger partial charge in [-0.1, -0.05) is 30.2 Å². The van der Waals surface area contributed by atoms with Gasteiger partial charge in [0.05, 0.1) is 17.6 Å². The van der Waals surface area contributed by atoms with E-state index in [1.54, 1.807) is 0 Å². The first-order chi connectivity index (χ1) is 16.6. The lowest BCUT2D eigenvalue weighted by Gasteiger charge is -2.11. The Kier molecular flexibility index (Phi) is 8.15. The first-order valence-corrected chi connectivity index (χ1v) is 11.8. The average Bonchev–Trinajstić information content (AvgIpc) is 3.20. The molecule has 3 aromatic carbocycles. The molecule has 0 aliphatic carbocycles. The molecular weight excluding hydrogens is 453 g/mol. The van der Waals surface area contributed by atoms with Crippen molar-refractivity contribution in [1.82, 2.24) is 14.9 Å². The molecular formula is C27H27ClFN3O2. The number of carbonyl (C=O) groups is 1.